The molecule has 1 aliphatic heterocycles. The van der Waals surface area contributed by atoms with Crippen molar-refractivity contribution in [2.45, 2.75) is 10.9 Å². The molecule has 0 aliphatic carbocycles. The van der Waals surface area contributed by atoms with Crippen LogP contribution in [-0.2, 0) is 10.0 Å². The molecule has 3 N–H and O–H groups in total. The van der Waals surface area contributed by atoms with E-state index in [1.807, 2.05) is 30.3 Å². The Kier molecular flexibility index (Phi) is 5.23. The van der Waals surface area contributed by atoms with Crippen LogP contribution in [0.1, 0.15) is 11.5 Å². The molecule has 0 saturated carbocycles. The van der Waals surface area contributed by atoms with E-state index in [-0.39, 0.29) is 29.3 Å². The van der Waals surface area contributed by atoms with E-state index in [1.54, 1.807) is 0 Å². The molecular weight excluding hydrogens is 324 g/mol. The average Bonchev–Trinajstić information content (AvgIpc) is 3.18. The number of imidazole rings is 1. The lowest BCUT2D eigenvalue weighted by atomic mass is 9.89. The maximum Gasteiger partial charge on any atom is 0.260 e. The highest BCUT2D eigenvalue weighted by Crippen LogP contribution is 2.34. The first-order chi connectivity index (χ1) is 10.1. The fourth-order valence-electron chi connectivity index (χ4n) is 2.87. The molecule has 22 heavy (non-hydrogen) atoms. The van der Waals surface area contributed by atoms with Gasteiger partial charge in [0.05, 0.1) is 12.5 Å². The lowest BCUT2D eigenvalue weighted by Gasteiger charge is -2.16. The van der Waals surface area contributed by atoms with E-state index in [0.717, 1.165) is 5.56 Å². The number of hydrogen-bond donors (Lipinski definition) is 2. The van der Waals surface area contributed by atoms with E-state index in [9.17, 15) is 8.42 Å². The van der Waals surface area contributed by atoms with Crippen LogP contribution in [-0.4, -0.2) is 42.3 Å². The monoisotopic (exact) mass is 342 g/mol. The van der Waals surface area contributed by atoms with Gasteiger partial charge in [0.25, 0.3) is 10.0 Å². The van der Waals surface area contributed by atoms with Crippen LogP contribution in [0.2, 0.25) is 0 Å². The number of nitrogens with zero attached hydrogens (tertiary/aromatic N) is 2. The van der Waals surface area contributed by atoms with Gasteiger partial charge in [0.1, 0.15) is 0 Å². The molecule has 1 aromatic heterocycles. The van der Waals surface area contributed by atoms with Gasteiger partial charge >= 0.3 is 0 Å². The Balaban J connectivity index is 0.00000176. The topological polar surface area (TPSA) is 92.1 Å². The van der Waals surface area contributed by atoms with Crippen molar-refractivity contribution in [2.75, 3.05) is 19.6 Å². The Morgan fingerprint density at radius 2 is 2.00 bits per heavy atom. The first kappa shape index (κ1) is 17.0. The fraction of sp³-hybridized carbons (Fsp3) is 0.357. The Hall–Kier alpha value is -1.41. The molecule has 0 bridgehead atoms. The molecule has 2 atom stereocenters. The van der Waals surface area contributed by atoms with Gasteiger partial charge in [0.15, 0.2) is 5.03 Å². The van der Waals surface area contributed by atoms with Crippen molar-refractivity contribution >= 4 is 22.4 Å². The van der Waals surface area contributed by atoms with E-state index in [2.05, 4.69) is 9.97 Å². The summed E-state index contributed by atoms with van der Waals surface area (Å²) in [5, 5.41) is 0.131. The van der Waals surface area contributed by atoms with Crippen molar-refractivity contribution in [2.24, 2.45) is 11.7 Å². The van der Waals surface area contributed by atoms with E-state index in [0.29, 0.717) is 19.6 Å². The minimum absolute atomic E-state index is 0. The van der Waals surface area contributed by atoms with Crippen LogP contribution in [0, 0.1) is 5.92 Å². The molecule has 0 spiro atoms. The molecule has 0 radical (unpaired) electrons. The van der Waals surface area contributed by atoms with Crippen LogP contribution in [0.25, 0.3) is 0 Å². The maximum absolute atomic E-state index is 12.5. The number of rotatable bonds is 4. The Labute approximate surface area is 136 Å². The summed E-state index contributed by atoms with van der Waals surface area (Å²) in [5.74, 6) is 0.263. The molecule has 2 heterocycles. The third-order valence-electron chi connectivity index (χ3n) is 4.03. The van der Waals surface area contributed by atoms with Crippen molar-refractivity contribution in [1.29, 1.82) is 0 Å². The number of sulfonamides is 1. The third kappa shape index (κ3) is 3.03. The summed E-state index contributed by atoms with van der Waals surface area (Å²) in [6, 6.07) is 9.94. The number of aromatic nitrogens is 2. The van der Waals surface area contributed by atoms with Gasteiger partial charge in [-0.2, -0.15) is 4.31 Å². The van der Waals surface area contributed by atoms with E-state index in [4.69, 9.17) is 5.73 Å². The Morgan fingerprint density at radius 1 is 1.27 bits per heavy atom. The second kappa shape index (κ2) is 6.78. The number of H-pyrrole nitrogens is 1. The van der Waals surface area contributed by atoms with Crippen molar-refractivity contribution in [3.63, 3.8) is 0 Å². The van der Waals surface area contributed by atoms with Crippen LogP contribution >= 0.6 is 12.4 Å². The summed E-state index contributed by atoms with van der Waals surface area (Å²) >= 11 is 0. The molecule has 1 saturated heterocycles. The lowest BCUT2D eigenvalue weighted by molar-refractivity contribution is 0.457. The van der Waals surface area contributed by atoms with Gasteiger partial charge in [-0.25, -0.2) is 13.4 Å². The molecule has 1 fully saturated rings. The highest BCUT2D eigenvalue weighted by atomic mass is 35.5. The Bertz CT molecular complexity index is 691. The zero-order valence-electron chi connectivity index (χ0n) is 11.9. The van der Waals surface area contributed by atoms with E-state index < -0.39 is 10.0 Å². The molecule has 1 aromatic carbocycles. The largest absolute Gasteiger partial charge is 0.335 e. The summed E-state index contributed by atoms with van der Waals surface area (Å²) in [5.41, 5.74) is 6.98. The van der Waals surface area contributed by atoms with E-state index >= 15 is 0 Å². The van der Waals surface area contributed by atoms with Crippen molar-refractivity contribution in [3.05, 3.63) is 48.4 Å². The summed E-state index contributed by atoms with van der Waals surface area (Å²) in [6.45, 7) is 1.36. The zero-order chi connectivity index (χ0) is 14.9. The molecule has 3 rings (SSSR count). The van der Waals surface area contributed by atoms with Gasteiger partial charge in [-0.3, -0.25) is 0 Å². The molecule has 6 nitrogen and oxygen atoms in total. The van der Waals surface area contributed by atoms with Gasteiger partial charge in [-0.05, 0) is 18.0 Å². The predicted molar refractivity (Wildman–Crippen MR) is 86.3 cm³/mol. The summed E-state index contributed by atoms with van der Waals surface area (Å²) in [7, 11) is -3.52. The molecule has 0 unspecified atom stereocenters. The highest BCUT2D eigenvalue weighted by Gasteiger charge is 2.39. The standard InChI is InChI=1S/C14H18N4O2S.ClH/c15-6-12-8-18(21(19,20)14-7-16-10-17-14)9-13(12)11-4-2-1-3-5-11;/h1-5,7,10,12-13H,6,8-9,15H2,(H,16,17);1H/t12-,13+;/m1./s1. The lowest BCUT2D eigenvalue weighted by Crippen LogP contribution is -2.30. The predicted octanol–water partition coefficient (Wildman–Crippen LogP) is 1.19. The molecule has 120 valence electrons. The normalized spacial score (nSPS) is 22.4. The molecule has 8 heteroatoms. The Morgan fingerprint density at radius 3 is 2.59 bits per heavy atom. The van der Waals surface area contributed by atoms with E-state index in [1.165, 1.54) is 16.8 Å². The van der Waals surface area contributed by atoms with Crippen LogP contribution in [0.5, 0.6) is 0 Å². The van der Waals surface area contributed by atoms with Gasteiger partial charge in [-0.15, -0.1) is 12.4 Å². The molecule has 0 amide bonds. The van der Waals surface area contributed by atoms with Crippen LogP contribution < -0.4 is 5.73 Å². The summed E-state index contributed by atoms with van der Waals surface area (Å²) in [4.78, 5) is 6.46. The quantitative estimate of drug-likeness (QED) is 0.873. The van der Waals surface area contributed by atoms with Gasteiger partial charge in [-0.1, -0.05) is 30.3 Å². The zero-order valence-corrected chi connectivity index (χ0v) is 13.6. The second-order valence-electron chi connectivity index (χ2n) is 5.25. The van der Waals surface area contributed by atoms with Gasteiger partial charge in [0, 0.05) is 19.0 Å². The SMILES string of the molecule is Cl.NC[C@@H]1CN(S(=O)(=O)c2cnc[nH]2)C[C@H]1c1ccccc1. The highest BCUT2D eigenvalue weighted by molar-refractivity contribution is 7.89. The minimum Gasteiger partial charge on any atom is -0.335 e. The average molecular weight is 343 g/mol. The van der Waals surface area contributed by atoms with Crippen LogP contribution in [0.3, 0.4) is 0 Å². The molecular formula is C14H19ClN4O2S. The fourth-order valence-corrected chi connectivity index (χ4v) is 4.29. The van der Waals surface area contributed by atoms with Crippen molar-refractivity contribution in [1.82, 2.24) is 14.3 Å². The number of nitrogens with one attached hydrogen (secondary N) is 1. The van der Waals surface area contributed by atoms with Crippen LogP contribution in [0.4, 0.5) is 0 Å². The van der Waals surface area contributed by atoms with Crippen LogP contribution in [0.15, 0.2) is 47.9 Å². The van der Waals surface area contributed by atoms with Gasteiger partial charge in [0.2, 0.25) is 0 Å². The smallest absolute Gasteiger partial charge is 0.260 e. The number of hydrogen-bond acceptors (Lipinski definition) is 4. The van der Waals surface area contributed by atoms with Crippen molar-refractivity contribution in [3.8, 4) is 0 Å². The van der Waals surface area contributed by atoms with Gasteiger partial charge < -0.3 is 10.7 Å². The summed E-state index contributed by atoms with van der Waals surface area (Å²) in [6.07, 6.45) is 2.71. The number of halogens is 1. The molecule has 2 aromatic rings. The minimum atomic E-state index is -3.52. The number of benzene rings is 1. The molecule has 1 aliphatic rings. The second-order valence-corrected chi connectivity index (χ2v) is 7.16. The summed E-state index contributed by atoms with van der Waals surface area (Å²) < 4.78 is 26.6. The maximum atomic E-state index is 12.5. The first-order valence-corrected chi connectivity index (χ1v) is 8.30. The third-order valence-corrected chi connectivity index (χ3v) is 5.79. The first-order valence-electron chi connectivity index (χ1n) is 6.86. The van der Waals surface area contributed by atoms with Crippen molar-refractivity contribution < 1.29 is 8.42 Å². The number of nitrogens with two attached hydrogens (primary N) is 1. The number of aromatic amines is 1.